The van der Waals surface area contributed by atoms with Gasteiger partial charge in [0.2, 0.25) is 0 Å². The molecule has 0 spiro atoms. The number of benzene rings is 2. The van der Waals surface area contributed by atoms with Crippen molar-refractivity contribution in [3.05, 3.63) is 67.3 Å². The Morgan fingerprint density at radius 2 is 1.78 bits per heavy atom. The van der Waals surface area contributed by atoms with Crippen molar-refractivity contribution >= 4 is 59.4 Å². The molecule has 2 aromatic rings. The average molecular weight is 457 g/mol. The summed E-state index contributed by atoms with van der Waals surface area (Å²) in [4.78, 5) is -0.174. The molecule has 0 fully saturated rings. The molecule has 0 radical (unpaired) electrons. The molecule has 0 N–H and O–H groups in total. The normalized spacial score (nSPS) is 12.5. The lowest BCUT2D eigenvalue weighted by atomic mass is 10.0. The van der Waals surface area contributed by atoms with Crippen LogP contribution in [0, 0.1) is 5.82 Å². The van der Waals surface area contributed by atoms with Gasteiger partial charge in [-0.3, -0.25) is 0 Å². The van der Waals surface area contributed by atoms with Crippen LogP contribution >= 0.6 is 59.4 Å². The highest BCUT2D eigenvalue weighted by atomic mass is 79.9. The second kappa shape index (κ2) is 6.04. The fourth-order valence-corrected chi connectivity index (χ4v) is 3.88. The molecule has 0 bridgehead atoms. The summed E-state index contributed by atoms with van der Waals surface area (Å²) < 4.78 is 15.4. The molecule has 0 saturated heterocycles. The lowest BCUT2D eigenvalue weighted by molar-refractivity contribution is 0.626. The molecule has 94 valence electrons. The Hall–Kier alpha value is 0.1000. The largest absolute Gasteiger partial charge is 0.205 e. The van der Waals surface area contributed by atoms with Crippen LogP contribution < -0.4 is 0 Å². The van der Waals surface area contributed by atoms with Gasteiger partial charge in [0, 0.05) is 8.95 Å². The summed E-state index contributed by atoms with van der Waals surface area (Å²) in [6.45, 7) is 0. The maximum Gasteiger partial charge on any atom is 0.142 e. The van der Waals surface area contributed by atoms with Crippen LogP contribution in [0.5, 0.6) is 0 Å². The molecule has 5 heteroatoms. The second-order valence-electron chi connectivity index (χ2n) is 3.67. The summed E-state index contributed by atoms with van der Waals surface area (Å²) in [5.74, 6) is -0.412. The third-order valence-corrected chi connectivity index (χ3v) is 5.09. The van der Waals surface area contributed by atoms with Crippen molar-refractivity contribution in [2.24, 2.45) is 0 Å². The van der Waals surface area contributed by atoms with Crippen molar-refractivity contribution in [2.75, 3.05) is 0 Å². The summed E-state index contributed by atoms with van der Waals surface area (Å²) >= 11 is 16.5. The van der Waals surface area contributed by atoms with Gasteiger partial charge in [0.25, 0.3) is 0 Å². The first-order valence-corrected chi connectivity index (χ1v) is 7.91. The summed E-state index contributed by atoms with van der Waals surface area (Å²) in [7, 11) is 0. The van der Waals surface area contributed by atoms with Gasteiger partial charge in [-0.15, -0.1) is 0 Å². The standard InChI is InChI=1S/C13H7Br3ClF/c14-7-4-5-10(15)9(6-7)12(16)8-2-1-3-11(18)13(8)17/h1-6,12H. The third-order valence-electron chi connectivity index (χ3n) is 2.49. The van der Waals surface area contributed by atoms with E-state index in [9.17, 15) is 4.39 Å². The quantitative estimate of drug-likeness (QED) is 0.453. The molecule has 0 amide bonds. The molecule has 0 nitrogen and oxygen atoms in total. The number of hydrogen-bond acceptors (Lipinski definition) is 0. The van der Waals surface area contributed by atoms with Crippen LogP contribution in [0.15, 0.2) is 45.3 Å². The number of hydrogen-bond donors (Lipinski definition) is 0. The van der Waals surface area contributed by atoms with E-state index >= 15 is 0 Å². The van der Waals surface area contributed by atoms with Crippen molar-refractivity contribution in [3.8, 4) is 0 Å². The van der Waals surface area contributed by atoms with E-state index in [2.05, 4.69) is 47.8 Å². The fraction of sp³-hybridized carbons (Fsp3) is 0.0769. The number of halogens is 5. The van der Waals surface area contributed by atoms with Crippen molar-refractivity contribution in [3.63, 3.8) is 0 Å². The first-order chi connectivity index (χ1) is 8.50. The van der Waals surface area contributed by atoms with E-state index in [0.29, 0.717) is 5.56 Å². The van der Waals surface area contributed by atoms with Crippen molar-refractivity contribution in [1.82, 2.24) is 0 Å². The minimum Gasteiger partial charge on any atom is -0.205 e. The van der Waals surface area contributed by atoms with Crippen LogP contribution in [0.25, 0.3) is 0 Å². The molecule has 0 aliphatic carbocycles. The molecule has 0 aromatic heterocycles. The highest BCUT2D eigenvalue weighted by Crippen LogP contribution is 2.40. The van der Waals surface area contributed by atoms with Crippen LogP contribution in [0.3, 0.4) is 0 Å². The van der Waals surface area contributed by atoms with Crippen molar-refractivity contribution in [1.29, 1.82) is 0 Å². The lowest BCUT2D eigenvalue weighted by Crippen LogP contribution is -1.96. The van der Waals surface area contributed by atoms with E-state index in [4.69, 9.17) is 11.6 Å². The molecule has 0 saturated carbocycles. The Balaban J connectivity index is 2.51. The van der Waals surface area contributed by atoms with E-state index in [1.54, 1.807) is 12.1 Å². The Kier molecular flexibility index (Phi) is 4.86. The van der Waals surface area contributed by atoms with Crippen LogP contribution in [0.4, 0.5) is 4.39 Å². The zero-order chi connectivity index (χ0) is 13.3. The highest BCUT2D eigenvalue weighted by Gasteiger charge is 2.18. The average Bonchev–Trinajstić information content (AvgIpc) is 2.35. The molecule has 0 heterocycles. The van der Waals surface area contributed by atoms with Crippen molar-refractivity contribution < 1.29 is 4.39 Å². The maximum absolute atomic E-state index is 13.5. The number of alkyl halides is 1. The highest BCUT2D eigenvalue weighted by molar-refractivity contribution is 9.11. The summed E-state index contributed by atoms with van der Waals surface area (Å²) in [6, 6.07) is 10.6. The summed E-state index contributed by atoms with van der Waals surface area (Å²) in [5.41, 5.74) is 1.69. The monoisotopic (exact) mass is 454 g/mol. The Bertz CT molecular complexity index is 584. The van der Waals surface area contributed by atoms with Crippen LogP contribution in [0.2, 0.25) is 5.02 Å². The van der Waals surface area contributed by atoms with Crippen molar-refractivity contribution in [2.45, 2.75) is 4.83 Å². The van der Waals surface area contributed by atoms with Crippen LogP contribution in [-0.2, 0) is 0 Å². The smallest absolute Gasteiger partial charge is 0.142 e. The predicted molar refractivity (Wildman–Crippen MR) is 84.0 cm³/mol. The topological polar surface area (TPSA) is 0 Å². The van der Waals surface area contributed by atoms with E-state index in [0.717, 1.165) is 14.5 Å². The summed E-state index contributed by atoms with van der Waals surface area (Å²) in [6.07, 6.45) is 0. The lowest BCUT2D eigenvalue weighted by Gasteiger charge is -2.15. The predicted octanol–water partition coefficient (Wildman–Crippen LogP) is 6.49. The Labute approximate surface area is 135 Å². The van der Waals surface area contributed by atoms with Gasteiger partial charge in [0.15, 0.2) is 0 Å². The molecular formula is C13H7Br3ClF. The molecule has 18 heavy (non-hydrogen) atoms. The SMILES string of the molecule is Fc1cccc(C(Br)c2cc(Br)ccc2Br)c1Cl. The summed E-state index contributed by atoms with van der Waals surface area (Å²) in [5, 5.41) is 0.145. The van der Waals surface area contributed by atoms with E-state index in [-0.39, 0.29) is 9.85 Å². The van der Waals surface area contributed by atoms with Crippen LogP contribution in [-0.4, -0.2) is 0 Å². The van der Waals surface area contributed by atoms with Gasteiger partial charge in [0.05, 0.1) is 9.85 Å². The molecule has 2 aromatic carbocycles. The first-order valence-electron chi connectivity index (χ1n) is 5.03. The molecule has 0 aliphatic rings. The molecule has 1 atom stereocenters. The zero-order valence-corrected chi connectivity index (χ0v) is 14.4. The first kappa shape index (κ1) is 14.5. The second-order valence-corrected chi connectivity index (χ2v) is 6.74. The van der Waals surface area contributed by atoms with E-state index < -0.39 is 5.82 Å². The zero-order valence-electron chi connectivity index (χ0n) is 8.93. The maximum atomic E-state index is 13.5. The van der Waals surface area contributed by atoms with Gasteiger partial charge in [-0.25, -0.2) is 4.39 Å². The van der Waals surface area contributed by atoms with Gasteiger partial charge >= 0.3 is 0 Å². The van der Waals surface area contributed by atoms with Gasteiger partial charge in [-0.05, 0) is 35.4 Å². The molecule has 1 unspecified atom stereocenters. The molecule has 0 aliphatic heterocycles. The Morgan fingerprint density at radius 1 is 1.06 bits per heavy atom. The minimum absolute atomic E-state index is 0.145. The van der Waals surface area contributed by atoms with Gasteiger partial charge in [-0.2, -0.15) is 0 Å². The third kappa shape index (κ3) is 2.98. The van der Waals surface area contributed by atoms with Gasteiger partial charge in [0.1, 0.15) is 5.82 Å². The van der Waals surface area contributed by atoms with E-state index in [1.807, 2.05) is 18.2 Å². The minimum atomic E-state index is -0.412. The molecule has 2 rings (SSSR count). The number of rotatable bonds is 2. The molecular weight excluding hydrogens is 450 g/mol. The van der Waals surface area contributed by atoms with Gasteiger partial charge in [-0.1, -0.05) is 71.5 Å². The Morgan fingerprint density at radius 3 is 2.50 bits per heavy atom. The fourth-order valence-electron chi connectivity index (χ4n) is 1.59. The van der Waals surface area contributed by atoms with E-state index in [1.165, 1.54) is 6.07 Å². The van der Waals surface area contributed by atoms with Gasteiger partial charge < -0.3 is 0 Å². The van der Waals surface area contributed by atoms with Crippen LogP contribution in [0.1, 0.15) is 16.0 Å².